The molecule has 0 aliphatic heterocycles. The van der Waals surface area contributed by atoms with Gasteiger partial charge in [0.25, 0.3) is 5.56 Å². The van der Waals surface area contributed by atoms with Crippen molar-refractivity contribution in [1.29, 1.82) is 0 Å². The first kappa shape index (κ1) is 20.4. The van der Waals surface area contributed by atoms with E-state index in [0.717, 1.165) is 17.3 Å². The molecule has 0 aliphatic carbocycles. The summed E-state index contributed by atoms with van der Waals surface area (Å²) in [6, 6.07) is 14.2. The van der Waals surface area contributed by atoms with Crippen molar-refractivity contribution in [3.8, 4) is 0 Å². The molecule has 3 rings (SSSR count). The highest BCUT2D eigenvalue weighted by Crippen LogP contribution is 2.34. The van der Waals surface area contributed by atoms with E-state index in [1.165, 1.54) is 0 Å². The molecule has 1 aromatic heterocycles. The minimum absolute atomic E-state index is 0.184. The molecule has 0 radical (unpaired) electrons. The van der Waals surface area contributed by atoms with E-state index in [-0.39, 0.29) is 5.56 Å². The van der Waals surface area contributed by atoms with Crippen molar-refractivity contribution in [3.05, 3.63) is 69.5 Å². The minimum Gasteiger partial charge on any atom is -0.385 e. The number of carbonyl (C=O) groups excluding carboxylic acids is 1. The van der Waals surface area contributed by atoms with Crippen LogP contribution in [0.4, 0.5) is 0 Å². The van der Waals surface area contributed by atoms with E-state index in [1.54, 1.807) is 29.9 Å². The minimum atomic E-state index is -0.668. The van der Waals surface area contributed by atoms with Crippen LogP contribution in [-0.2, 0) is 16.1 Å². The number of nitrogens with two attached hydrogens (primary N) is 1. The van der Waals surface area contributed by atoms with Crippen molar-refractivity contribution in [2.24, 2.45) is 5.73 Å². The van der Waals surface area contributed by atoms with E-state index in [9.17, 15) is 9.59 Å². The highest BCUT2D eigenvalue weighted by molar-refractivity contribution is 8.00. The number of hydrogen-bond acceptors (Lipinski definition) is 5. The second-order valence-corrected chi connectivity index (χ2v) is 7.68. The van der Waals surface area contributed by atoms with Gasteiger partial charge in [0.05, 0.1) is 10.9 Å². The van der Waals surface area contributed by atoms with Gasteiger partial charge < -0.3 is 10.5 Å². The van der Waals surface area contributed by atoms with Gasteiger partial charge >= 0.3 is 0 Å². The third-order valence-electron chi connectivity index (χ3n) is 4.20. The maximum Gasteiger partial charge on any atom is 0.262 e. The average molecular weight is 418 g/mol. The fraction of sp³-hybridized carbons (Fsp3) is 0.250. The third-order valence-corrected chi connectivity index (χ3v) is 5.69. The predicted octanol–water partition coefficient (Wildman–Crippen LogP) is 3.41. The number of rotatable bonds is 8. The van der Waals surface area contributed by atoms with Gasteiger partial charge in [0.1, 0.15) is 5.25 Å². The molecule has 2 N–H and O–H groups in total. The zero-order valence-corrected chi connectivity index (χ0v) is 16.9. The summed E-state index contributed by atoms with van der Waals surface area (Å²) in [4.78, 5) is 29.8. The van der Waals surface area contributed by atoms with E-state index in [2.05, 4.69) is 4.98 Å². The summed E-state index contributed by atoms with van der Waals surface area (Å²) >= 11 is 7.23. The maximum absolute atomic E-state index is 13.1. The van der Waals surface area contributed by atoms with Gasteiger partial charge in [-0.05, 0) is 30.2 Å². The number of primary amides is 1. The van der Waals surface area contributed by atoms with Gasteiger partial charge in [-0.15, -0.1) is 0 Å². The molecule has 0 bridgehead atoms. The van der Waals surface area contributed by atoms with Crippen LogP contribution in [-0.4, -0.2) is 29.2 Å². The quantitative estimate of drug-likeness (QED) is 0.345. The van der Waals surface area contributed by atoms with E-state index < -0.39 is 11.2 Å². The normalized spacial score (nSPS) is 12.2. The van der Waals surface area contributed by atoms with E-state index in [1.807, 2.05) is 30.3 Å². The highest BCUT2D eigenvalue weighted by Gasteiger charge is 2.23. The first-order valence-electron chi connectivity index (χ1n) is 8.71. The molecule has 1 unspecified atom stereocenters. The summed E-state index contributed by atoms with van der Waals surface area (Å²) in [5.41, 5.74) is 6.70. The van der Waals surface area contributed by atoms with Gasteiger partial charge in [-0.2, -0.15) is 0 Å². The molecule has 0 fully saturated rings. The number of thioether (sulfide) groups is 1. The smallest absolute Gasteiger partial charge is 0.262 e. The Morgan fingerprint density at radius 3 is 2.71 bits per heavy atom. The Morgan fingerprint density at radius 2 is 2.04 bits per heavy atom. The summed E-state index contributed by atoms with van der Waals surface area (Å²) in [5, 5.41) is 0.713. The molecular weight excluding hydrogens is 398 g/mol. The van der Waals surface area contributed by atoms with Crippen LogP contribution in [0.3, 0.4) is 0 Å². The fourth-order valence-corrected chi connectivity index (χ4v) is 4.09. The van der Waals surface area contributed by atoms with Gasteiger partial charge in [0.2, 0.25) is 5.91 Å². The Morgan fingerprint density at radius 1 is 1.29 bits per heavy atom. The fourth-order valence-electron chi connectivity index (χ4n) is 2.85. The summed E-state index contributed by atoms with van der Waals surface area (Å²) in [6.07, 6.45) is 0.636. The van der Waals surface area contributed by atoms with Crippen LogP contribution >= 0.6 is 23.4 Å². The first-order valence-corrected chi connectivity index (χ1v) is 9.97. The van der Waals surface area contributed by atoms with E-state index in [4.69, 9.17) is 22.1 Å². The number of methoxy groups -OCH3 is 1. The molecule has 3 aromatic rings. The van der Waals surface area contributed by atoms with Gasteiger partial charge in [0, 0.05) is 25.3 Å². The molecule has 146 valence electrons. The number of carbonyl (C=O) groups is 1. The van der Waals surface area contributed by atoms with Crippen LogP contribution in [0.1, 0.15) is 17.2 Å². The SMILES string of the molecule is COCCCn1c(SC(C(N)=O)c2ccccc2)nc2cc(Cl)ccc2c1=O. The standard InChI is InChI=1S/C20H20ClN3O3S/c1-27-11-5-10-24-19(26)15-9-8-14(21)12-16(15)23-20(24)28-17(18(22)25)13-6-3-2-4-7-13/h2-4,6-9,12,17H,5,10-11H2,1H3,(H2,22,25). The van der Waals surface area contributed by atoms with Crippen LogP contribution in [0.15, 0.2) is 58.5 Å². The molecule has 28 heavy (non-hydrogen) atoms. The number of benzene rings is 2. The molecule has 0 aliphatic rings. The van der Waals surface area contributed by atoms with Crippen molar-refractivity contribution in [3.63, 3.8) is 0 Å². The van der Waals surface area contributed by atoms with Gasteiger partial charge in [-0.1, -0.05) is 53.7 Å². The molecule has 8 heteroatoms. The second kappa shape index (κ2) is 9.23. The van der Waals surface area contributed by atoms with Gasteiger partial charge in [-0.25, -0.2) is 4.98 Å². The molecular formula is C20H20ClN3O3S. The van der Waals surface area contributed by atoms with Gasteiger partial charge in [-0.3, -0.25) is 14.2 Å². The molecule has 1 heterocycles. The highest BCUT2D eigenvalue weighted by atomic mass is 35.5. The molecule has 0 saturated carbocycles. The van der Waals surface area contributed by atoms with Crippen LogP contribution in [0.5, 0.6) is 0 Å². The van der Waals surface area contributed by atoms with Crippen LogP contribution in [0, 0.1) is 0 Å². The molecule has 6 nitrogen and oxygen atoms in total. The monoisotopic (exact) mass is 417 g/mol. The Hall–Kier alpha value is -2.35. The van der Waals surface area contributed by atoms with Crippen molar-refractivity contribution < 1.29 is 9.53 Å². The summed E-state index contributed by atoms with van der Waals surface area (Å²) in [5.74, 6) is -0.500. The first-order chi connectivity index (χ1) is 13.5. The Balaban J connectivity index is 2.09. The number of amides is 1. The number of halogens is 1. The third kappa shape index (κ3) is 4.55. The predicted molar refractivity (Wildman–Crippen MR) is 112 cm³/mol. The molecule has 1 atom stereocenters. The Labute approximate surface area is 171 Å². The Kier molecular flexibility index (Phi) is 6.72. The van der Waals surface area contributed by atoms with Gasteiger partial charge in [0.15, 0.2) is 5.16 Å². The van der Waals surface area contributed by atoms with E-state index >= 15 is 0 Å². The molecule has 0 saturated heterocycles. The largest absolute Gasteiger partial charge is 0.385 e. The van der Waals surface area contributed by atoms with Crippen LogP contribution in [0.25, 0.3) is 10.9 Å². The number of ether oxygens (including phenoxy) is 1. The lowest BCUT2D eigenvalue weighted by Gasteiger charge is -2.17. The zero-order valence-electron chi connectivity index (χ0n) is 15.3. The van der Waals surface area contributed by atoms with Crippen molar-refractivity contribution in [2.75, 3.05) is 13.7 Å². The topological polar surface area (TPSA) is 87.2 Å². The molecule has 2 aromatic carbocycles. The summed E-state index contributed by atoms with van der Waals surface area (Å²) in [7, 11) is 1.61. The number of hydrogen-bond donors (Lipinski definition) is 1. The summed E-state index contributed by atoms with van der Waals surface area (Å²) < 4.78 is 6.67. The lowest BCUT2D eigenvalue weighted by Crippen LogP contribution is -2.26. The van der Waals surface area contributed by atoms with E-state index in [0.29, 0.717) is 40.7 Å². The number of fused-ring (bicyclic) bond motifs is 1. The zero-order chi connectivity index (χ0) is 20.1. The second-order valence-electron chi connectivity index (χ2n) is 6.17. The molecule has 1 amide bonds. The lowest BCUT2D eigenvalue weighted by molar-refractivity contribution is -0.117. The lowest BCUT2D eigenvalue weighted by atomic mass is 10.1. The molecule has 0 spiro atoms. The maximum atomic E-state index is 13.1. The average Bonchev–Trinajstić information content (AvgIpc) is 2.68. The Bertz CT molecular complexity index is 1040. The summed E-state index contributed by atoms with van der Waals surface area (Å²) in [6.45, 7) is 0.925. The van der Waals surface area contributed by atoms with Crippen molar-refractivity contribution in [1.82, 2.24) is 9.55 Å². The number of nitrogens with zero attached hydrogens (tertiary/aromatic N) is 2. The van der Waals surface area contributed by atoms with Crippen LogP contribution in [0.2, 0.25) is 5.02 Å². The van der Waals surface area contributed by atoms with Crippen LogP contribution < -0.4 is 11.3 Å². The van der Waals surface area contributed by atoms with Crippen molar-refractivity contribution in [2.45, 2.75) is 23.4 Å². The van der Waals surface area contributed by atoms with Crippen molar-refractivity contribution >= 4 is 40.2 Å². The number of aromatic nitrogens is 2.